The van der Waals surface area contributed by atoms with Crippen LogP contribution in [0, 0.1) is 0 Å². The summed E-state index contributed by atoms with van der Waals surface area (Å²) < 4.78 is 0. The van der Waals surface area contributed by atoms with Gasteiger partial charge in [-0.05, 0) is 31.2 Å². The SMILES string of the molecule is NC(CCc1ccccc1)C(=O)N1CCN(C2CC2)CC1. The summed E-state index contributed by atoms with van der Waals surface area (Å²) in [4.78, 5) is 16.9. The summed E-state index contributed by atoms with van der Waals surface area (Å²) in [5.41, 5.74) is 7.35. The monoisotopic (exact) mass is 287 g/mol. The molecule has 1 aromatic rings. The Morgan fingerprint density at radius 3 is 2.43 bits per heavy atom. The number of hydrogen-bond acceptors (Lipinski definition) is 3. The fourth-order valence-electron chi connectivity index (χ4n) is 3.07. The van der Waals surface area contributed by atoms with Crippen molar-refractivity contribution in [3.05, 3.63) is 35.9 Å². The average Bonchev–Trinajstić information content (AvgIpc) is 3.38. The van der Waals surface area contributed by atoms with Gasteiger partial charge in [0.25, 0.3) is 0 Å². The number of nitrogens with zero attached hydrogens (tertiary/aromatic N) is 2. The van der Waals surface area contributed by atoms with Crippen LogP contribution < -0.4 is 5.73 Å². The molecule has 1 unspecified atom stereocenters. The highest BCUT2D eigenvalue weighted by Crippen LogP contribution is 2.27. The van der Waals surface area contributed by atoms with Gasteiger partial charge in [-0.1, -0.05) is 30.3 Å². The van der Waals surface area contributed by atoms with Gasteiger partial charge in [0, 0.05) is 32.2 Å². The molecule has 1 aliphatic carbocycles. The Balaban J connectivity index is 1.44. The molecule has 4 nitrogen and oxygen atoms in total. The van der Waals surface area contributed by atoms with Crippen LogP contribution in [0.25, 0.3) is 0 Å². The number of carbonyl (C=O) groups is 1. The molecule has 1 saturated carbocycles. The van der Waals surface area contributed by atoms with Gasteiger partial charge >= 0.3 is 0 Å². The quantitative estimate of drug-likeness (QED) is 0.887. The highest BCUT2D eigenvalue weighted by Gasteiger charge is 2.33. The summed E-state index contributed by atoms with van der Waals surface area (Å²) in [5.74, 6) is 0.126. The summed E-state index contributed by atoms with van der Waals surface area (Å²) in [5, 5.41) is 0. The van der Waals surface area contributed by atoms with E-state index in [1.807, 2.05) is 23.1 Å². The highest BCUT2D eigenvalue weighted by molar-refractivity contribution is 5.81. The molecule has 4 heteroatoms. The maximum absolute atomic E-state index is 12.4. The van der Waals surface area contributed by atoms with Crippen molar-refractivity contribution in [1.29, 1.82) is 0 Å². The fraction of sp³-hybridized carbons (Fsp3) is 0.588. The van der Waals surface area contributed by atoms with Crippen LogP contribution in [-0.4, -0.2) is 54.0 Å². The van der Waals surface area contributed by atoms with Crippen molar-refractivity contribution in [2.75, 3.05) is 26.2 Å². The lowest BCUT2D eigenvalue weighted by atomic mass is 10.0. The van der Waals surface area contributed by atoms with Gasteiger partial charge in [0.15, 0.2) is 0 Å². The standard InChI is InChI=1S/C17H25N3O/c18-16(9-6-14-4-2-1-3-5-14)17(21)20-12-10-19(11-13-20)15-7-8-15/h1-5,15-16H,6-13,18H2. The average molecular weight is 287 g/mol. The number of nitrogens with two attached hydrogens (primary N) is 1. The second-order valence-corrected chi connectivity index (χ2v) is 6.22. The Morgan fingerprint density at radius 2 is 1.81 bits per heavy atom. The third-order valence-corrected chi connectivity index (χ3v) is 4.59. The first-order valence-corrected chi connectivity index (χ1v) is 8.06. The molecule has 1 saturated heterocycles. The third-order valence-electron chi connectivity index (χ3n) is 4.59. The molecule has 2 N–H and O–H groups in total. The van der Waals surface area contributed by atoms with E-state index in [0.717, 1.165) is 45.1 Å². The molecule has 1 atom stereocenters. The van der Waals surface area contributed by atoms with Crippen molar-refractivity contribution in [3.8, 4) is 0 Å². The minimum absolute atomic E-state index is 0.126. The zero-order valence-corrected chi connectivity index (χ0v) is 12.6. The van der Waals surface area contributed by atoms with E-state index in [4.69, 9.17) is 5.73 Å². The summed E-state index contributed by atoms with van der Waals surface area (Å²) in [6, 6.07) is 10.7. The molecule has 0 bridgehead atoms. The van der Waals surface area contributed by atoms with Crippen LogP contribution in [-0.2, 0) is 11.2 Å². The molecule has 0 radical (unpaired) electrons. The Kier molecular flexibility index (Phi) is 4.56. The number of rotatable bonds is 5. The third kappa shape index (κ3) is 3.83. The lowest BCUT2D eigenvalue weighted by Gasteiger charge is -2.36. The molecule has 2 aliphatic rings. The molecule has 1 aromatic carbocycles. The molecule has 114 valence electrons. The number of benzene rings is 1. The van der Waals surface area contributed by atoms with Crippen LogP contribution in [0.2, 0.25) is 0 Å². The molecule has 1 aliphatic heterocycles. The van der Waals surface area contributed by atoms with Gasteiger partial charge in [-0.15, -0.1) is 0 Å². The number of aryl methyl sites for hydroxylation is 1. The molecular formula is C17H25N3O. The Labute approximate surface area is 126 Å². The van der Waals surface area contributed by atoms with Crippen LogP contribution in [0.15, 0.2) is 30.3 Å². The number of piperazine rings is 1. The van der Waals surface area contributed by atoms with Crippen molar-refractivity contribution >= 4 is 5.91 Å². The Morgan fingerprint density at radius 1 is 1.14 bits per heavy atom. The van der Waals surface area contributed by atoms with Gasteiger partial charge in [-0.25, -0.2) is 0 Å². The first-order chi connectivity index (χ1) is 10.2. The van der Waals surface area contributed by atoms with Crippen LogP contribution in [0.1, 0.15) is 24.8 Å². The zero-order valence-electron chi connectivity index (χ0n) is 12.6. The molecule has 0 aromatic heterocycles. The molecule has 3 rings (SSSR count). The molecule has 1 heterocycles. The Hall–Kier alpha value is -1.39. The van der Waals surface area contributed by atoms with Crippen LogP contribution in [0.4, 0.5) is 0 Å². The Bertz CT molecular complexity index is 464. The van der Waals surface area contributed by atoms with Crippen LogP contribution >= 0.6 is 0 Å². The van der Waals surface area contributed by atoms with Gasteiger partial charge in [-0.3, -0.25) is 9.69 Å². The lowest BCUT2D eigenvalue weighted by Crippen LogP contribution is -2.53. The van der Waals surface area contributed by atoms with E-state index >= 15 is 0 Å². The van der Waals surface area contributed by atoms with E-state index in [9.17, 15) is 4.79 Å². The van der Waals surface area contributed by atoms with Crippen molar-refractivity contribution in [1.82, 2.24) is 9.80 Å². The maximum Gasteiger partial charge on any atom is 0.239 e. The van der Waals surface area contributed by atoms with E-state index in [1.54, 1.807) is 0 Å². The predicted molar refractivity (Wildman–Crippen MR) is 83.9 cm³/mol. The molecule has 21 heavy (non-hydrogen) atoms. The van der Waals surface area contributed by atoms with Gasteiger partial charge in [0.1, 0.15) is 0 Å². The minimum Gasteiger partial charge on any atom is -0.339 e. The molecule has 0 spiro atoms. The van der Waals surface area contributed by atoms with Gasteiger partial charge in [-0.2, -0.15) is 0 Å². The van der Waals surface area contributed by atoms with Crippen molar-refractivity contribution in [3.63, 3.8) is 0 Å². The summed E-state index contributed by atoms with van der Waals surface area (Å²) >= 11 is 0. The number of hydrogen-bond donors (Lipinski definition) is 1. The van der Waals surface area contributed by atoms with Crippen molar-refractivity contribution in [2.24, 2.45) is 5.73 Å². The fourth-order valence-corrected chi connectivity index (χ4v) is 3.07. The molecule has 1 amide bonds. The van der Waals surface area contributed by atoms with Gasteiger partial charge < -0.3 is 10.6 Å². The van der Waals surface area contributed by atoms with Crippen LogP contribution in [0.3, 0.4) is 0 Å². The van der Waals surface area contributed by atoms with Crippen molar-refractivity contribution in [2.45, 2.75) is 37.8 Å². The first-order valence-electron chi connectivity index (χ1n) is 8.06. The summed E-state index contributed by atoms with van der Waals surface area (Å²) in [7, 11) is 0. The number of amides is 1. The summed E-state index contributed by atoms with van der Waals surface area (Å²) in [6.07, 6.45) is 4.27. The normalized spacial score (nSPS) is 21.3. The topological polar surface area (TPSA) is 49.6 Å². The van der Waals surface area contributed by atoms with Gasteiger partial charge in [0.05, 0.1) is 6.04 Å². The van der Waals surface area contributed by atoms with Crippen LogP contribution in [0.5, 0.6) is 0 Å². The first kappa shape index (κ1) is 14.5. The zero-order chi connectivity index (χ0) is 14.7. The second kappa shape index (κ2) is 6.58. The van der Waals surface area contributed by atoms with E-state index in [-0.39, 0.29) is 11.9 Å². The highest BCUT2D eigenvalue weighted by atomic mass is 16.2. The molecular weight excluding hydrogens is 262 g/mol. The van der Waals surface area contributed by atoms with Gasteiger partial charge in [0.2, 0.25) is 5.91 Å². The van der Waals surface area contributed by atoms with Crippen molar-refractivity contribution < 1.29 is 4.79 Å². The molecule has 2 fully saturated rings. The lowest BCUT2D eigenvalue weighted by molar-refractivity contribution is -0.134. The maximum atomic E-state index is 12.4. The van der Waals surface area contributed by atoms with E-state index in [2.05, 4.69) is 17.0 Å². The minimum atomic E-state index is -0.363. The van der Waals surface area contributed by atoms with E-state index < -0.39 is 0 Å². The van der Waals surface area contributed by atoms with E-state index in [0.29, 0.717) is 0 Å². The number of carbonyl (C=O) groups excluding carboxylic acids is 1. The summed E-state index contributed by atoms with van der Waals surface area (Å²) in [6.45, 7) is 3.71. The predicted octanol–water partition coefficient (Wildman–Crippen LogP) is 1.25. The second-order valence-electron chi connectivity index (χ2n) is 6.22. The largest absolute Gasteiger partial charge is 0.339 e. The van der Waals surface area contributed by atoms with E-state index in [1.165, 1.54) is 18.4 Å². The smallest absolute Gasteiger partial charge is 0.239 e.